The Morgan fingerprint density at radius 3 is 2.48 bits per heavy atom. The number of benzene rings is 1. The summed E-state index contributed by atoms with van der Waals surface area (Å²) in [6.07, 6.45) is 0.960. The van der Waals surface area contributed by atoms with E-state index in [0.29, 0.717) is 0 Å². The molecule has 23 heavy (non-hydrogen) atoms. The highest BCUT2D eigenvalue weighted by Crippen LogP contribution is 2.25. The number of amides is 1. The Morgan fingerprint density at radius 2 is 1.83 bits per heavy atom. The molecule has 0 spiro atoms. The zero-order chi connectivity index (χ0) is 17.0. The second kappa shape index (κ2) is 6.30. The lowest BCUT2D eigenvalue weighted by Gasteiger charge is -2.08. The van der Waals surface area contributed by atoms with Crippen molar-refractivity contribution in [2.45, 2.75) is 0 Å². The van der Waals surface area contributed by atoms with Gasteiger partial charge in [-0.25, -0.2) is 9.97 Å². The number of nitrogens with one attached hydrogen (secondary N) is 2. The van der Waals surface area contributed by atoms with Gasteiger partial charge < -0.3 is 5.73 Å². The van der Waals surface area contributed by atoms with Crippen LogP contribution in [0.15, 0.2) is 30.6 Å². The monoisotopic (exact) mass is 319 g/mol. The van der Waals surface area contributed by atoms with Gasteiger partial charge in [0.15, 0.2) is 0 Å². The van der Waals surface area contributed by atoms with E-state index in [4.69, 9.17) is 5.73 Å². The van der Waals surface area contributed by atoms with Gasteiger partial charge in [-0.1, -0.05) is 12.1 Å². The van der Waals surface area contributed by atoms with Crippen LogP contribution >= 0.6 is 0 Å². The van der Waals surface area contributed by atoms with Crippen molar-refractivity contribution in [1.82, 2.24) is 15.4 Å². The molecule has 0 aliphatic heterocycles. The highest BCUT2D eigenvalue weighted by Gasteiger charge is 2.23. The van der Waals surface area contributed by atoms with Crippen molar-refractivity contribution in [1.29, 1.82) is 0 Å². The third-order valence-electron chi connectivity index (χ3n) is 2.67. The number of hydrogen-bond acceptors (Lipinski definition) is 9. The van der Waals surface area contributed by atoms with Gasteiger partial charge in [-0.05, 0) is 6.07 Å². The summed E-state index contributed by atoms with van der Waals surface area (Å²) in [7, 11) is 0. The Labute approximate surface area is 127 Å². The maximum Gasteiger partial charge on any atom is 0.354 e. The summed E-state index contributed by atoms with van der Waals surface area (Å²) in [6, 6.07) is 5.23. The SMILES string of the molecule is Nc1ncnc(NNC(=O)c2ccccc2[N+](=O)[O-])c1[N+](=O)[O-]. The first-order valence-corrected chi connectivity index (χ1v) is 5.96. The van der Waals surface area contributed by atoms with E-state index >= 15 is 0 Å². The van der Waals surface area contributed by atoms with Gasteiger partial charge in [0.25, 0.3) is 11.6 Å². The van der Waals surface area contributed by atoms with Crippen molar-refractivity contribution < 1.29 is 14.6 Å². The predicted octanol–water partition coefficient (Wildman–Crippen LogP) is 0.632. The number of rotatable bonds is 5. The van der Waals surface area contributed by atoms with Gasteiger partial charge in [-0.3, -0.25) is 35.9 Å². The van der Waals surface area contributed by atoms with Crippen molar-refractivity contribution in [2.75, 3.05) is 11.2 Å². The molecule has 2 rings (SSSR count). The van der Waals surface area contributed by atoms with E-state index < -0.39 is 32.9 Å². The topological polar surface area (TPSA) is 179 Å². The molecule has 0 radical (unpaired) electrons. The maximum absolute atomic E-state index is 12.0. The first-order chi connectivity index (χ1) is 10.9. The summed E-state index contributed by atoms with van der Waals surface area (Å²) in [5.41, 5.74) is 8.39. The summed E-state index contributed by atoms with van der Waals surface area (Å²) in [6.45, 7) is 0. The van der Waals surface area contributed by atoms with Crippen molar-refractivity contribution >= 4 is 28.9 Å². The molecule has 4 N–H and O–H groups in total. The molecule has 1 aromatic heterocycles. The maximum atomic E-state index is 12.0. The third-order valence-corrected chi connectivity index (χ3v) is 2.67. The van der Waals surface area contributed by atoms with Gasteiger partial charge in [0.1, 0.15) is 11.9 Å². The minimum atomic E-state index is -0.871. The van der Waals surface area contributed by atoms with E-state index in [2.05, 4.69) is 20.8 Å². The van der Waals surface area contributed by atoms with Crippen molar-refractivity contribution in [2.24, 2.45) is 0 Å². The highest BCUT2D eigenvalue weighted by molar-refractivity contribution is 5.98. The lowest BCUT2D eigenvalue weighted by Crippen LogP contribution is -2.30. The first kappa shape index (κ1) is 15.6. The molecule has 118 valence electrons. The number of nitro groups is 2. The van der Waals surface area contributed by atoms with Crippen LogP contribution in [0.2, 0.25) is 0 Å². The molecule has 2 aromatic rings. The molecule has 0 saturated heterocycles. The molecular formula is C11H9N7O5. The van der Waals surface area contributed by atoms with E-state index in [1.807, 2.05) is 0 Å². The zero-order valence-electron chi connectivity index (χ0n) is 11.3. The fourth-order valence-corrected chi connectivity index (χ4v) is 1.67. The first-order valence-electron chi connectivity index (χ1n) is 5.96. The van der Waals surface area contributed by atoms with Crippen LogP contribution in [0.4, 0.5) is 23.0 Å². The van der Waals surface area contributed by atoms with E-state index in [0.717, 1.165) is 12.4 Å². The molecular weight excluding hydrogens is 310 g/mol. The fourth-order valence-electron chi connectivity index (χ4n) is 1.67. The van der Waals surface area contributed by atoms with Crippen LogP contribution < -0.4 is 16.6 Å². The number of anilines is 2. The van der Waals surface area contributed by atoms with Crippen LogP contribution in [0.1, 0.15) is 10.4 Å². The van der Waals surface area contributed by atoms with Gasteiger partial charge in [-0.15, -0.1) is 0 Å². The number of para-hydroxylation sites is 1. The van der Waals surface area contributed by atoms with Gasteiger partial charge in [-0.2, -0.15) is 0 Å². The number of nitrogens with zero attached hydrogens (tertiary/aromatic N) is 4. The Bertz CT molecular complexity index is 794. The van der Waals surface area contributed by atoms with Crippen LogP contribution in [0, 0.1) is 20.2 Å². The summed E-state index contributed by atoms with van der Waals surface area (Å²) in [4.78, 5) is 39.3. The van der Waals surface area contributed by atoms with Gasteiger partial charge in [0.2, 0.25) is 11.6 Å². The summed E-state index contributed by atoms with van der Waals surface area (Å²) in [5, 5.41) is 21.8. The zero-order valence-corrected chi connectivity index (χ0v) is 11.3. The second-order valence-electron chi connectivity index (χ2n) is 4.07. The summed E-state index contributed by atoms with van der Waals surface area (Å²) < 4.78 is 0. The summed E-state index contributed by atoms with van der Waals surface area (Å²) in [5.74, 6) is -1.62. The number of aromatic nitrogens is 2. The standard InChI is InChI=1S/C11H9N7O5/c12-9-8(18(22)23)10(14-5-13-9)15-16-11(19)6-3-1-2-4-7(6)17(20)21/h1-5H,(H,16,19)(H3,12,13,14,15). The Morgan fingerprint density at radius 1 is 1.13 bits per heavy atom. The molecule has 12 nitrogen and oxygen atoms in total. The van der Waals surface area contributed by atoms with Crippen LogP contribution in [0.3, 0.4) is 0 Å². The van der Waals surface area contributed by atoms with Crippen molar-refractivity contribution in [3.05, 3.63) is 56.4 Å². The van der Waals surface area contributed by atoms with Gasteiger partial charge in [0.05, 0.1) is 9.85 Å². The number of hydrogen-bond donors (Lipinski definition) is 3. The minimum Gasteiger partial charge on any atom is -0.378 e. The third kappa shape index (κ3) is 3.26. The smallest absolute Gasteiger partial charge is 0.354 e. The Balaban J connectivity index is 2.23. The normalized spacial score (nSPS) is 9.91. The summed E-state index contributed by atoms with van der Waals surface area (Å²) >= 11 is 0. The Hall–Kier alpha value is -3.83. The van der Waals surface area contributed by atoms with Crippen molar-refractivity contribution in [3.63, 3.8) is 0 Å². The van der Waals surface area contributed by atoms with Gasteiger partial charge >= 0.3 is 5.69 Å². The lowest BCUT2D eigenvalue weighted by molar-refractivity contribution is -0.385. The molecule has 0 aliphatic rings. The minimum absolute atomic E-state index is 0.227. The van der Waals surface area contributed by atoms with Gasteiger partial charge in [0, 0.05) is 6.07 Å². The average Bonchev–Trinajstić information content (AvgIpc) is 2.52. The largest absolute Gasteiger partial charge is 0.378 e. The van der Waals surface area contributed by atoms with E-state index in [-0.39, 0.29) is 11.4 Å². The molecule has 0 aliphatic carbocycles. The molecule has 0 saturated carbocycles. The molecule has 1 amide bonds. The van der Waals surface area contributed by atoms with E-state index in [9.17, 15) is 25.0 Å². The second-order valence-corrected chi connectivity index (χ2v) is 4.07. The number of nitrogen functional groups attached to an aromatic ring is 1. The molecule has 0 unspecified atom stereocenters. The number of carbonyl (C=O) groups excluding carboxylic acids is 1. The Kier molecular flexibility index (Phi) is 4.26. The fraction of sp³-hybridized carbons (Fsp3) is 0. The molecule has 1 heterocycles. The number of nitro benzene ring substituents is 1. The quantitative estimate of drug-likeness (QED) is 0.526. The number of nitrogens with two attached hydrogens (primary N) is 1. The van der Waals surface area contributed by atoms with Crippen LogP contribution in [0.25, 0.3) is 0 Å². The molecule has 0 fully saturated rings. The molecule has 1 aromatic carbocycles. The van der Waals surface area contributed by atoms with Crippen LogP contribution in [0.5, 0.6) is 0 Å². The number of hydrazine groups is 1. The van der Waals surface area contributed by atoms with Crippen molar-refractivity contribution in [3.8, 4) is 0 Å². The highest BCUT2D eigenvalue weighted by atomic mass is 16.6. The lowest BCUT2D eigenvalue weighted by atomic mass is 10.2. The predicted molar refractivity (Wildman–Crippen MR) is 77.3 cm³/mol. The van der Waals surface area contributed by atoms with Crippen LogP contribution in [-0.4, -0.2) is 25.7 Å². The van der Waals surface area contributed by atoms with E-state index in [1.165, 1.54) is 18.2 Å². The van der Waals surface area contributed by atoms with E-state index in [1.54, 1.807) is 0 Å². The average molecular weight is 319 g/mol. The molecule has 0 bridgehead atoms. The number of carbonyl (C=O) groups is 1. The molecule has 0 atom stereocenters. The molecule has 12 heteroatoms. The van der Waals surface area contributed by atoms with Crippen LogP contribution in [-0.2, 0) is 0 Å².